The number of nitrogens with one attached hydrogen (secondary N) is 1. The van der Waals surface area contributed by atoms with Gasteiger partial charge in [-0.1, -0.05) is 0 Å². The molecule has 6 heteroatoms. The lowest BCUT2D eigenvalue weighted by Crippen LogP contribution is -2.05. The summed E-state index contributed by atoms with van der Waals surface area (Å²) in [5.41, 5.74) is 4.99. The van der Waals surface area contributed by atoms with E-state index in [1.165, 1.54) is 6.33 Å². The minimum Gasteiger partial charge on any atom is -0.480 e. The second-order valence-corrected chi connectivity index (χ2v) is 6.22. The van der Waals surface area contributed by atoms with Gasteiger partial charge in [-0.2, -0.15) is 5.10 Å². The summed E-state index contributed by atoms with van der Waals surface area (Å²) in [6.45, 7) is 0. The minimum absolute atomic E-state index is 0.0662. The molecule has 2 aliphatic rings. The summed E-state index contributed by atoms with van der Waals surface area (Å²) < 4.78 is 27.6. The van der Waals surface area contributed by atoms with Gasteiger partial charge in [0.1, 0.15) is 6.33 Å². The van der Waals surface area contributed by atoms with E-state index in [4.69, 9.17) is 13.8 Å². The van der Waals surface area contributed by atoms with Crippen molar-refractivity contribution in [1.29, 1.82) is 0 Å². The Morgan fingerprint density at radius 3 is 3.04 bits per heavy atom. The predicted octanol–water partition coefficient (Wildman–Crippen LogP) is 2.79. The van der Waals surface area contributed by atoms with E-state index >= 15 is 0 Å². The zero-order valence-corrected chi connectivity index (χ0v) is 12.5. The quantitative estimate of drug-likeness (QED) is 0.805. The first-order valence-electron chi connectivity index (χ1n) is 9.41. The van der Waals surface area contributed by atoms with Gasteiger partial charge in [-0.3, -0.25) is 10.1 Å². The average Bonchev–Trinajstić information content (AvgIpc) is 3.36. The van der Waals surface area contributed by atoms with E-state index in [1.807, 2.05) is 6.07 Å². The van der Waals surface area contributed by atoms with Gasteiger partial charge in [0.2, 0.25) is 5.88 Å². The average molecular weight is 310 g/mol. The Morgan fingerprint density at radius 1 is 1.26 bits per heavy atom. The maximum atomic E-state index is 7.46. The molecule has 5 rings (SSSR count). The van der Waals surface area contributed by atoms with Crippen LogP contribution in [0.15, 0.2) is 12.4 Å². The van der Waals surface area contributed by atoms with Crippen molar-refractivity contribution in [2.45, 2.75) is 38.0 Å². The normalized spacial score (nSPS) is 19.2. The van der Waals surface area contributed by atoms with Gasteiger partial charge in [0.05, 0.1) is 45.0 Å². The van der Waals surface area contributed by atoms with Crippen LogP contribution < -0.4 is 4.74 Å². The van der Waals surface area contributed by atoms with E-state index in [2.05, 4.69) is 20.2 Å². The number of methoxy groups -OCH3 is 1. The van der Waals surface area contributed by atoms with Crippen molar-refractivity contribution in [3.8, 4) is 17.1 Å². The van der Waals surface area contributed by atoms with Crippen LogP contribution in [0.1, 0.15) is 46.4 Å². The monoisotopic (exact) mass is 310 g/mol. The number of pyridine rings is 1. The molecule has 116 valence electrons. The third kappa shape index (κ3) is 1.94. The van der Waals surface area contributed by atoms with E-state index in [1.54, 1.807) is 0 Å². The molecule has 0 spiro atoms. The number of nitrogens with zero attached hydrogens (tertiary/aromatic N) is 4. The SMILES string of the molecule is [2H]C([2H])([2H])Oc1ncnc(C2CC2)c1-c1cc2[nH]nc3c2c(n1)CCC3. The molecule has 0 unspecified atom stereocenters. The Hall–Kier alpha value is -2.50. The number of hydrogen-bond donors (Lipinski definition) is 1. The van der Waals surface area contributed by atoms with Gasteiger partial charge in [-0.25, -0.2) is 9.97 Å². The van der Waals surface area contributed by atoms with Gasteiger partial charge in [0.25, 0.3) is 0 Å². The Kier molecular flexibility index (Phi) is 2.13. The second kappa shape index (κ2) is 4.75. The van der Waals surface area contributed by atoms with Crippen LogP contribution in [0.4, 0.5) is 0 Å². The van der Waals surface area contributed by atoms with Crippen LogP contribution in [-0.4, -0.2) is 32.2 Å². The van der Waals surface area contributed by atoms with Crippen molar-refractivity contribution >= 4 is 10.9 Å². The Balaban J connectivity index is 1.73. The van der Waals surface area contributed by atoms with Gasteiger partial charge in [0.15, 0.2) is 0 Å². The molecule has 0 aromatic carbocycles. The molecule has 0 amide bonds. The molecule has 6 nitrogen and oxygen atoms in total. The van der Waals surface area contributed by atoms with E-state index < -0.39 is 7.04 Å². The lowest BCUT2D eigenvalue weighted by atomic mass is 9.97. The molecule has 23 heavy (non-hydrogen) atoms. The summed E-state index contributed by atoms with van der Waals surface area (Å²) >= 11 is 0. The highest BCUT2D eigenvalue weighted by molar-refractivity contribution is 5.88. The van der Waals surface area contributed by atoms with Crippen LogP contribution in [0, 0.1) is 0 Å². The summed E-state index contributed by atoms with van der Waals surface area (Å²) in [5, 5.41) is 8.56. The maximum absolute atomic E-state index is 7.46. The van der Waals surface area contributed by atoms with E-state index in [9.17, 15) is 0 Å². The fourth-order valence-corrected chi connectivity index (χ4v) is 3.47. The van der Waals surface area contributed by atoms with Gasteiger partial charge in [-0.15, -0.1) is 0 Å². The lowest BCUT2D eigenvalue weighted by Gasteiger charge is -2.14. The molecular weight excluding hydrogens is 290 g/mol. The molecule has 3 heterocycles. The molecule has 1 saturated carbocycles. The van der Waals surface area contributed by atoms with Crippen LogP contribution >= 0.6 is 0 Å². The number of ether oxygens (including phenoxy) is 1. The van der Waals surface area contributed by atoms with Crippen molar-refractivity contribution in [3.63, 3.8) is 0 Å². The topological polar surface area (TPSA) is 76.6 Å². The number of aryl methyl sites for hydroxylation is 2. The number of aromatic amines is 1. The smallest absolute Gasteiger partial charge is 0.226 e. The first-order valence-corrected chi connectivity index (χ1v) is 7.91. The maximum Gasteiger partial charge on any atom is 0.226 e. The van der Waals surface area contributed by atoms with Crippen LogP contribution in [0.5, 0.6) is 5.88 Å². The number of rotatable bonds is 3. The van der Waals surface area contributed by atoms with Crippen LogP contribution in [0.3, 0.4) is 0 Å². The predicted molar refractivity (Wildman–Crippen MR) is 85.5 cm³/mol. The van der Waals surface area contributed by atoms with Crippen LogP contribution in [-0.2, 0) is 12.8 Å². The lowest BCUT2D eigenvalue weighted by molar-refractivity contribution is 0.397. The zero-order chi connectivity index (χ0) is 17.9. The summed E-state index contributed by atoms with van der Waals surface area (Å²) in [4.78, 5) is 13.4. The van der Waals surface area contributed by atoms with Gasteiger partial charge in [-0.05, 0) is 38.2 Å². The molecule has 1 N–H and O–H groups in total. The van der Waals surface area contributed by atoms with Crippen molar-refractivity contribution in [2.75, 3.05) is 7.04 Å². The number of hydrogen-bond acceptors (Lipinski definition) is 5. The minimum atomic E-state index is -2.58. The Labute approximate surface area is 137 Å². The molecule has 2 aliphatic carbocycles. The Bertz CT molecular complexity index is 1010. The molecule has 0 atom stereocenters. The zero-order valence-electron chi connectivity index (χ0n) is 15.5. The first-order chi connectivity index (χ1) is 12.5. The van der Waals surface area contributed by atoms with Crippen molar-refractivity contribution < 1.29 is 8.85 Å². The summed E-state index contributed by atoms with van der Waals surface area (Å²) in [6, 6.07) is 1.90. The Morgan fingerprint density at radius 2 is 2.17 bits per heavy atom. The molecule has 1 fully saturated rings. The highest BCUT2D eigenvalue weighted by atomic mass is 16.5. The fourth-order valence-electron chi connectivity index (χ4n) is 3.47. The molecular formula is C17H17N5O. The molecule has 0 radical (unpaired) electrons. The second-order valence-electron chi connectivity index (χ2n) is 6.22. The third-order valence-corrected chi connectivity index (χ3v) is 4.68. The molecule has 3 aromatic rings. The number of aromatic nitrogens is 5. The van der Waals surface area contributed by atoms with Gasteiger partial charge in [0, 0.05) is 11.3 Å². The highest BCUT2D eigenvalue weighted by Crippen LogP contribution is 2.45. The molecule has 0 aliphatic heterocycles. The van der Waals surface area contributed by atoms with Gasteiger partial charge < -0.3 is 4.74 Å². The van der Waals surface area contributed by atoms with E-state index in [0.717, 1.165) is 60.1 Å². The first kappa shape index (κ1) is 10.3. The molecule has 0 bridgehead atoms. The largest absolute Gasteiger partial charge is 0.480 e. The molecule has 3 aromatic heterocycles. The number of H-pyrrole nitrogens is 1. The summed E-state index contributed by atoms with van der Waals surface area (Å²) in [7, 11) is -2.58. The van der Waals surface area contributed by atoms with Crippen LogP contribution in [0.25, 0.3) is 22.2 Å². The van der Waals surface area contributed by atoms with E-state index in [0.29, 0.717) is 17.2 Å². The summed E-state index contributed by atoms with van der Waals surface area (Å²) in [6.07, 6.45) is 6.25. The van der Waals surface area contributed by atoms with Crippen molar-refractivity contribution in [1.82, 2.24) is 25.1 Å². The fraction of sp³-hybridized carbons (Fsp3) is 0.412. The van der Waals surface area contributed by atoms with Crippen molar-refractivity contribution in [3.05, 3.63) is 29.5 Å². The third-order valence-electron chi connectivity index (χ3n) is 4.68. The summed E-state index contributed by atoms with van der Waals surface area (Å²) in [5.74, 6) is 0.370. The van der Waals surface area contributed by atoms with Gasteiger partial charge >= 0.3 is 0 Å². The van der Waals surface area contributed by atoms with Crippen molar-refractivity contribution in [2.24, 2.45) is 0 Å². The van der Waals surface area contributed by atoms with Crippen LogP contribution in [0.2, 0.25) is 0 Å². The molecule has 0 saturated heterocycles. The van der Waals surface area contributed by atoms with E-state index in [-0.39, 0.29) is 5.88 Å². The standard InChI is InChI=1S/C17H17N5O/c1-23-17-15(16(9-5-6-9)18-8-19-17)12-7-13-14-10(20-12)3-2-4-11(14)21-22-13/h7-9H,2-6H2,1H3,(H,21,22)/i1D3. The highest BCUT2D eigenvalue weighted by Gasteiger charge is 2.31.